The molecule has 0 saturated heterocycles. The minimum atomic E-state index is 0.549. The van der Waals surface area contributed by atoms with Crippen molar-refractivity contribution in [3.8, 4) is 0 Å². The van der Waals surface area contributed by atoms with E-state index in [1.807, 2.05) is 0 Å². The van der Waals surface area contributed by atoms with Gasteiger partial charge in [0, 0.05) is 18.4 Å². The van der Waals surface area contributed by atoms with Crippen molar-refractivity contribution in [3.63, 3.8) is 0 Å². The lowest BCUT2D eigenvalue weighted by Crippen LogP contribution is -2.23. The molecule has 0 spiro atoms. The van der Waals surface area contributed by atoms with Crippen LogP contribution in [0, 0.1) is 0 Å². The normalized spacial score (nSPS) is 16.7. The molecule has 90 valence electrons. The van der Waals surface area contributed by atoms with Crippen molar-refractivity contribution in [1.29, 1.82) is 0 Å². The lowest BCUT2D eigenvalue weighted by Gasteiger charge is -2.20. The molecule has 1 fully saturated rings. The molecule has 0 unspecified atom stereocenters. The zero-order valence-electron chi connectivity index (χ0n) is 10.2. The van der Waals surface area contributed by atoms with Gasteiger partial charge in [-0.1, -0.05) is 20.3 Å². The summed E-state index contributed by atoms with van der Waals surface area (Å²) in [5.74, 6) is 2.21. The van der Waals surface area contributed by atoms with E-state index in [0.717, 1.165) is 31.2 Å². The summed E-state index contributed by atoms with van der Waals surface area (Å²) in [6.45, 7) is 5.32. The zero-order chi connectivity index (χ0) is 11.4. The maximum Gasteiger partial charge on any atom is 0.219 e. The van der Waals surface area contributed by atoms with Crippen LogP contribution < -0.4 is 5.32 Å². The van der Waals surface area contributed by atoms with Crippen molar-refractivity contribution < 1.29 is 4.42 Å². The van der Waals surface area contributed by atoms with Crippen LogP contribution >= 0.6 is 0 Å². The third-order valence-corrected chi connectivity index (χ3v) is 3.06. The van der Waals surface area contributed by atoms with Crippen LogP contribution in [0.2, 0.25) is 0 Å². The summed E-state index contributed by atoms with van der Waals surface area (Å²) in [5, 5.41) is 11.6. The first-order chi connectivity index (χ1) is 7.75. The van der Waals surface area contributed by atoms with E-state index in [1.165, 1.54) is 19.3 Å². The summed E-state index contributed by atoms with van der Waals surface area (Å²) in [5.41, 5.74) is 0. The van der Waals surface area contributed by atoms with Crippen LogP contribution in [0.15, 0.2) is 4.42 Å². The van der Waals surface area contributed by atoms with Crippen molar-refractivity contribution in [1.82, 2.24) is 15.5 Å². The monoisotopic (exact) mass is 223 g/mol. The molecule has 0 aromatic carbocycles. The summed E-state index contributed by atoms with van der Waals surface area (Å²) in [4.78, 5) is 0. The van der Waals surface area contributed by atoms with E-state index in [9.17, 15) is 0 Å². The highest BCUT2D eigenvalue weighted by molar-refractivity contribution is 4.96. The van der Waals surface area contributed by atoms with Crippen LogP contribution in [0.1, 0.15) is 57.2 Å². The highest BCUT2D eigenvalue weighted by Crippen LogP contribution is 2.35. The van der Waals surface area contributed by atoms with Gasteiger partial charge < -0.3 is 9.73 Å². The quantitative estimate of drug-likeness (QED) is 0.752. The topological polar surface area (TPSA) is 51.0 Å². The Morgan fingerprint density at radius 3 is 2.81 bits per heavy atom. The van der Waals surface area contributed by atoms with Gasteiger partial charge in [-0.2, -0.15) is 0 Å². The first-order valence-corrected chi connectivity index (χ1v) is 6.31. The van der Waals surface area contributed by atoms with E-state index in [2.05, 4.69) is 29.4 Å². The Hall–Kier alpha value is -0.900. The van der Waals surface area contributed by atoms with E-state index < -0.39 is 0 Å². The number of nitrogens with one attached hydrogen (secondary N) is 1. The van der Waals surface area contributed by atoms with Gasteiger partial charge in [-0.05, 0) is 25.8 Å². The Balaban J connectivity index is 1.70. The van der Waals surface area contributed by atoms with Crippen molar-refractivity contribution >= 4 is 0 Å². The van der Waals surface area contributed by atoms with Crippen molar-refractivity contribution in [2.24, 2.45) is 0 Å². The highest BCUT2D eigenvalue weighted by atomic mass is 16.4. The van der Waals surface area contributed by atoms with Crippen molar-refractivity contribution in [2.75, 3.05) is 6.54 Å². The largest absolute Gasteiger partial charge is 0.425 e. The van der Waals surface area contributed by atoms with Gasteiger partial charge in [-0.15, -0.1) is 10.2 Å². The Kier molecular flexibility index (Phi) is 3.93. The lowest BCUT2D eigenvalue weighted by atomic mass is 9.85. The third-order valence-electron chi connectivity index (χ3n) is 3.06. The maximum atomic E-state index is 5.64. The predicted octanol–water partition coefficient (Wildman–Crippen LogP) is 2.27. The molecule has 1 aromatic heterocycles. The van der Waals surface area contributed by atoms with E-state index >= 15 is 0 Å². The average Bonchev–Trinajstić information content (AvgIpc) is 2.58. The van der Waals surface area contributed by atoms with Gasteiger partial charge in [0.05, 0.1) is 0 Å². The minimum Gasteiger partial charge on any atom is -0.425 e. The number of aryl methyl sites for hydroxylation is 1. The van der Waals surface area contributed by atoms with Gasteiger partial charge in [-0.25, -0.2) is 0 Å². The van der Waals surface area contributed by atoms with Gasteiger partial charge >= 0.3 is 0 Å². The second kappa shape index (κ2) is 5.43. The van der Waals surface area contributed by atoms with E-state index in [0.29, 0.717) is 12.0 Å². The predicted molar refractivity (Wildman–Crippen MR) is 62.3 cm³/mol. The summed E-state index contributed by atoms with van der Waals surface area (Å²) < 4.78 is 5.64. The molecule has 0 amide bonds. The number of hydrogen-bond donors (Lipinski definition) is 1. The van der Waals surface area contributed by atoms with Crippen LogP contribution in [-0.4, -0.2) is 22.8 Å². The van der Waals surface area contributed by atoms with E-state index in [1.54, 1.807) is 0 Å². The first kappa shape index (κ1) is 11.6. The molecule has 1 aromatic rings. The van der Waals surface area contributed by atoms with E-state index in [4.69, 9.17) is 4.42 Å². The summed E-state index contributed by atoms with van der Waals surface area (Å²) >= 11 is 0. The molecular formula is C12H21N3O. The first-order valence-electron chi connectivity index (χ1n) is 6.31. The fourth-order valence-electron chi connectivity index (χ4n) is 1.82. The fourth-order valence-corrected chi connectivity index (χ4v) is 1.82. The van der Waals surface area contributed by atoms with Crippen molar-refractivity contribution in [2.45, 2.75) is 57.9 Å². The molecule has 1 N–H and O–H groups in total. The Morgan fingerprint density at radius 2 is 2.19 bits per heavy atom. The van der Waals surface area contributed by atoms with Crippen molar-refractivity contribution in [3.05, 3.63) is 11.8 Å². The molecule has 4 heteroatoms. The highest BCUT2D eigenvalue weighted by Gasteiger charge is 2.24. The molecule has 16 heavy (non-hydrogen) atoms. The molecule has 1 heterocycles. The van der Waals surface area contributed by atoms with Gasteiger partial charge in [0.2, 0.25) is 11.8 Å². The van der Waals surface area contributed by atoms with Crippen LogP contribution in [0.4, 0.5) is 0 Å². The summed E-state index contributed by atoms with van der Waals surface area (Å²) in [6, 6.07) is 0.549. The SMILES string of the molecule is CC(C)NCCCc1nnc(C2CCC2)o1. The average molecular weight is 223 g/mol. The van der Waals surface area contributed by atoms with Gasteiger partial charge in [0.15, 0.2) is 0 Å². The Bertz CT molecular complexity index is 318. The summed E-state index contributed by atoms with van der Waals surface area (Å²) in [6.07, 6.45) is 5.69. The standard InChI is InChI=1S/C12H21N3O/c1-9(2)13-8-4-7-11-14-15-12(16-11)10-5-3-6-10/h9-10,13H,3-8H2,1-2H3. The number of aromatic nitrogens is 2. The molecule has 4 nitrogen and oxygen atoms in total. The number of rotatable bonds is 6. The molecule has 0 aliphatic heterocycles. The molecule has 2 rings (SSSR count). The Labute approximate surface area is 96.8 Å². The second-order valence-electron chi connectivity index (χ2n) is 4.87. The Morgan fingerprint density at radius 1 is 1.38 bits per heavy atom. The third kappa shape index (κ3) is 3.04. The minimum absolute atomic E-state index is 0.549. The molecule has 1 aliphatic rings. The second-order valence-corrected chi connectivity index (χ2v) is 4.87. The molecule has 0 atom stereocenters. The van der Waals surface area contributed by atoms with E-state index in [-0.39, 0.29) is 0 Å². The van der Waals surface area contributed by atoms with Crippen LogP contribution in [-0.2, 0) is 6.42 Å². The molecule has 1 saturated carbocycles. The van der Waals surface area contributed by atoms with Crippen LogP contribution in [0.25, 0.3) is 0 Å². The van der Waals surface area contributed by atoms with Crippen LogP contribution in [0.3, 0.4) is 0 Å². The number of hydrogen-bond acceptors (Lipinski definition) is 4. The lowest BCUT2D eigenvalue weighted by molar-refractivity contribution is 0.323. The summed E-state index contributed by atoms with van der Waals surface area (Å²) in [7, 11) is 0. The van der Waals surface area contributed by atoms with Gasteiger partial charge in [0.25, 0.3) is 0 Å². The smallest absolute Gasteiger partial charge is 0.219 e. The molecule has 0 radical (unpaired) electrons. The zero-order valence-corrected chi connectivity index (χ0v) is 10.2. The molecule has 1 aliphatic carbocycles. The number of nitrogens with zero attached hydrogens (tertiary/aromatic N) is 2. The molecular weight excluding hydrogens is 202 g/mol. The van der Waals surface area contributed by atoms with Crippen LogP contribution in [0.5, 0.6) is 0 Å². The van der Waals surface area contributed by atoms with Gasteiger partial charge in [-0.3, -0.25) is 0 Å². The molecule has 0 bridgehead atoms. The van der Waals surface area contributed by atoms with Gasteiger partial charge in [0.1, 0.15) is 0 Å². The maximum absolute atomic E-state index is 5.64. The fraction of sp³-hybridized carbons (Fsp3) is 0.833.